The molecule has 0 saturated carbocycles. The maximum absolute atomic E-state index is 12.9. The van der Waals surface area contributed by atoms with E-state index < -0.39 is 0 Å². The minimum Gasteiger partial charge on any atom is -0.378 e. The van der Waals surface area contributed by atoms with Gasteiger partial charge in [-0.05, 0) is 25.1 Å². The molecule has 1 aliphatic rings. The second kappa shape index (κ2) is 10.1. The third kappa shape index (κ3) is 5.19. The van der Waals surface area contributed by atoms with Crippen LogP contribution in [0.3, 0.4) is 0 Å². The highest BCUT2D eigenvalue weighted by Crippen LogP contribution is 2.27. The van der Waals surface area contributed by atoms with Crippen LogP contribution in [-0.2, 0) is 17.0 Å². The van der Waals surface area contributed by atoms with Gasteiger partial charge in [-0.25, -0.2) is 9.97 Å². The average Bonchev–Trinajstić information content (AvgIpc) is 3.22. The molecular formula is C22H24N4O2S2. The second-order valence-corrected chi connectivity index (χ2v) is 8.99. The number of thioether (sulfide) groups is 1. The van der Waals surface area contributed by atoms with Crippen molar-refractivity contribution in [2.24, 2.45) is 0 Å². The molecule has 0 bridgehead atoms. The lowest BCUT2D eigenvalue weighted by Crippen LogP contribution is -2.37. The molecule has 1 saturated heterocycles. The molecule has 0 spiro atoms. The third-order valence-electron chi connectivity index (χ3n) is 4.79. The summed E-state index contributed by atoms with van der Waals surface area (Å²) in [6.45, 7) is 5.46. The predicted octanol–water partition coefficient (Wildman–Crippen LogP) is 3.91. The molecule has 0 radical (unpaired) electrons. The molecule has 6 nitrogen and oxygen atoms in total. The number of nitrogens with one attached hydrogen (secondary N) is 1. The van der Waals surface area contributed by atoms with Gasteiger partial charge in [0, 0.05) is 47.4 Å². The summed E-state index contributed by atoms with van der Waals surface area (Å²) >= 11 is 3.29. The highest BCUT2D eigenvalue weighted by Gasteiger charge is 2.17. The molecule has 1 fully saturated rings. The molecule has 1 aliphatic heterocycles. The molecule has 4 rings (SSSR count). The van der Waals surface area contributed by atoms with Crippen molar-refractivity contribution in [2.45, 2.75) is 24.1 Å². The first kappa shape index (κ1) is 20.8. The van der Waals surface area contributed by atoms with Crippen LogP contribution in [0.15, 0.2) is 52.9 Å². The highest BCUT2D eigenvalue weighted by atomic mass is 32.2. The van der Waals surface area contributed by atoms with Crippen LogP contribution in [0.1, 0.15) is 26.6 Å². The van der Waals surface area contributed by atoms with E-state index in [2.05, 4.69) is 25.6 Å². The van der Waals surface area contributed by atoms with Gasteiger partial charge in [-0.2, -0.15) is 0 Å². The van der Waals surface area contributed by atoms with E-state index in [1.54, 1.807) is 29.3 Å². The minimum absolute atomic E-state index is 0.0793. The van der Waals surface area contributed by atoms with E-state index >= 15 is 0 Å². The first-order chi connectivity index (χ1) is 14.7. The lowest BCUT2D eigenvalue weighted by atomic mass is 10.2. The SMILES string of the molecule is Cc1nc(CSc2ccccc2C(=O)NCc2cccnc2N2CCOCC2)cs1. The number of amides is 1. The Morgan fingerprint density at radius 1 is 1.23 bits per heavy atom. The van der Waals surface area contributed by atoms with E-state index in [0.717, 1.165) is 45.8 Å². The summed E-state index contributed by atoms with van der Waals surface area (Å²) in [5, 5.41) is 6.20. The molecule has 2 aromatic heterocycles. The van der Waals surface area contributed by atoms with Crippen LogP contribution in [0.4, 0.5) is 5.82 Å². The maximum Gasteiger partial charge on any atom is 0.252 e. The Kier molecular flexibility index (Phi) is 6.99. The van der Waals surface area contributed by atoms with Crippen molar-refractivity contribution in [3.8, 4) is 0 Å². The number of aryl methyl sites for hydroxylation is 1. The predicted molar refractivity (Wildman–Crippen MR) is 121 cm³/mol. The van der Waals surface area contributed by atoms with Gasteiger partial charge in [-0.1, -0.05) is 18.2 Å². The number of benzene rings is 1. The van der Waals surface area contributed by atoms with Gasteiger partial charge in [0.2, 0.25) is 0 Å². The topological polar surface area (TPSA) is 67.4 Å². The van der Waals surface area contributed by atoms with E-state index in [-0.39, 0.29) is 5.91 Å². The summed E-state index contributed by atoms with van der Waals surface area (Å²) in [4.78, 5) is 25.2. The third-order valence-corrected chi connectivity index (χ3v) is 6.72. The Morgan fingerprint density at radius 3 is 2.87 bits per heavy atom. The van der Waals surface area contributed by atoms with Crippen LogP contribution < -0.4 is 10.2 Å². The Labute approximate surface area is 184 Å². The van der Waals surface area contributed by atoms with Gasteiger partial charge in [-0.3, -0.25) is 4.79 Å². The quantitative estimate of drug-likeness (QED) is 0.562. The number of rotatable bonds is 7. The summed E-state index contributed by atoms with van der Waals surface area (Å²) in [7, 11) is 0. The molecular weight excluding hydrogens is 416 g/mol. The molecule has 1 amide bonds. The molecule has 1 aromatic carbocycles. The normalized spacial score (nSPS) is 14.0. The zero-order valence-corrected chi connectivity index (χ0v) is 18.5. The van der Waals surface area contributed by atoms with Crippen LogP contribution in [0.5, 0.6) is 0 Å². The summed E-state index contributed by atoms with van der Waals surface area (Å²) in [5.74, 6) is 1.59. The number of nitrogens with zero attached hydrogens (tertiary/aromatic N) is 3. The van der Waals surface area contributed by atoms with E-state index in [1.165, 1.54) is 0 Å². The van der Waals surface area contributed by atoms with Crippen LogP contribution >= 0.6 is 23.1 Å². The number of hydrogen-bond acceptors (Lipinski definition) is 7. The summed E-state index contributed by atoms with van der Waals surface area (Å²) < 4.78 is 5.44. The standard InChI is InChI=1S/C22H24N4O2S2/c1-16-25-18(14-29-16)15-30-20-7-3-2-6-19(20)22(27)24-13-17-5-4-8-23-21(17)26-9-11-28-12-10-26/h2-8,14H,9-13,15H2,1H3,(H,24,27). The van der Waals surface area contributed by atoms with E-state index in [1.807, 2.05) is 43.3 Å². The van der Waals surface area contributed by atoms with Crippen LogP contribution in [0.25, 0.3) is 0 Å². The second-order valence-electron chi connectivity index (χ2n) is 6.91. The van der Waals surface area contributed by atoms with Crippen LogP contribution in [-0.4, -0.2) is 42.2 Å². The maximum atomic E-state index is 12.9. The molecule has 3 heterocycles. The van der Waals surface area contributed by atoms with Crippen molar-refractivity contribution >= 4 is 34.8 Å². The Hall–Kier alpha value is -2.42. The fourth-order valence-electron chi connectivity index (χ4n) is 3.31. The first-order valence-electron chi connectivity index (χ1n) is 9.88. The number of aromatic nitrogens is 2. The zero-order chi connectivity index (χ0) is 20.8. The van der Waals surface area contributed by atoms with E-state index in [4.69, 9.17) is 4.74 Å². The molecule has 30 heavy (non-hydrogen) atoms. The monoisotopic (exact) mass is 440 g/mol. The smallest absolute Gasteiger partial charge is 0.252 e. The molecule has 156 valence electrons. The van der Waals surface area contributed by atoms with Crippen LogP contribution in [0.2, 0.25) is 0 Å². The first-order valence-corrected chi connectivity index (χ1v) is 11.7. The average molecular weight is 441 g/mol. The number of thiazole rings is 1. The number of hydrogen-bond donors (Lipinski definition) is 1. The van der Waals surface area contributed by atoms with Crippen LogP contribution in [0, 0.1) is 6.92 Å². The summed E-state index contributed by atoms with van der Waals surface area (Å²) in [6, 6.07) is 11.6. The van der Waals surface area contributed by atoms with Gasteiger partial charge in [0.25, 0.3) is 5.91 Å². The highest BCUT2D eigenvalue weighted by molar-refractivity contribution is 7.98. The van der Waals surface area contributed by atoms with Crippen molar-refractivity contribution in [1.82, 2.24) is 15.3 Å². The molecule has 0 unspecified atom stereocenters. The van der Waals surface area contributed by atoms with Crippen molar-refractivity contribution in [2.75, 3.05) is 31.2 Å². The van der Waals surface area contributed by atoms with E-state index in [9.17, 15) is 4.79 Å². The van der Waals surface area contributed by atoms with Gasteiger partial charge in [-0.15, -0.1) is 23.1 Å². The lowest BCUT2D eigenvalue weighted by molar-refractivity contribution is 0.0947. The van der Waals surface area contributed by atoms with Crippen molar-refractivity contribution in [3.63, 3.8) is 0 Å². The summed E-state index contributed by atoms with van der Waals surface area (Å²) in [6.07, 6.45) is 1.79. The van der Waals surface area contributed by atoms with Gasteiger partial charge >= 0.3 is 0 Å². The van der Waals surface area contributed by atoms with E-state index in [0.29, 0.717) is 25.3 Å². The van der Waals surface area contributed by atoms with Crippen molar-refractivity contribution < 1.29 is 9.53 Å². The molecule has 8 heteroatoms. The largest absolute Gasteiger partial charge is 0.378 e. The number of carbonyl (C=O) groups excluding carboxylic acids is 1. The lowest BCUT2D eigenvalue weighted by Gasteiger charge is -2.29. The number of ether oxygens (including phenoxy) is 1. The molecule has 0 aliphatic carbocycles. The number of carbonyl (C=O) groups is 1. The van der Waals surface area contributed by atoms with Crippen molar-refractivity contribution in [3.05, 3.63) is 69.8 Å². The molecule has 1 N–H and O–H groups in total. The minimum atomic E-state index is -0.0793. The van der Waals surface area contributed by atoms with Crippen molar-refractivity contribution in [1.29, 1.82) is 0 Å². The number of anilines is 1. The van der Waals surface area contributed by atoms with Gasteiger partial charge in [0.05, 0.1) is 29.5 Å². The molecule has 0 atom stereocenters. The number of morpholine rings is 1. The number of pyridine rings is 1. The molecule has 3 aromatic rings. The van der Waals surface area contributed by atoms with Gasteiger partial charge in [0.15, 0.2) is 0 Å². The van der Waals surface area contributed by atoms with Gasteiger partial charge < -0.3 is 15.0 Å². The Balaban J connectivity index is 1.42. The Bertz CT molecular complexity index is 1000. The van der Waals surface area contributed by atoms with Gasteiger partial charge in [0.1, 0.15) is 5.82 Å². The fourth-order valence-corrected chi connectivity index (χ4v) is 4.97. The zero-order valence-electron chi connectivity index (χ0n) is 16.8. The fraction of sp³-hybridized carbons (Fsp3) is 0.318. The summed E-state index contributed by atoms with van der Waals surface area (Å²) in [5.41, 5.74) is 2.74. The Morgan fingerprint density at radius 2 is 2.07 bits per heavy atom.